The fourth-order valence-corrected chi connectivity index (χ4v) is 2.79. The van der Waals surface area contributed by atoms with E-state index in [1.807, 2.05) is 63.2 Å². The van der Waals surface area contributed by atoms with Crippen LogP contribution in [0.25, 0.3) is 0 Å². The van der Waals surface area contributed by atoms with E-state index in [2.05, 4.69) is 10.6 Å². The molecule has 0 spiro atoms. The van der Waals surface area contributed by atoms with Crippen molar-refractivity contribution in [3.05, 3.63) is 94.5 Å². The average molecular weight is 358 g/mol. The predicted octanol–water partition coefficient (Wildman–Crippen LogP) is 5.12. The first-order valence-corrected chi connectivity index (χ1v) is 8.80. The van der Waals surface area contributed by atoms with Crippen molar-refractivity contribution in [1.82, 2.24) is 0 Å². The van der Waals surface area contributed by atoms with Crippen LogP contribution in [0, 0.1) is 20.8 Å². The smallest absolute Gasteiger partial charge is 0.255 e. The zero-order valence-electron chi connectivity index (χ0n) is 15.7. The molecule has 0 fully saturated rings. The lowest BCUT2D eigenvalue weighted by molar-refractivity contribution is 0.102. The molecule has 0 unspecified atom stereocenters. The van der Waals surface area contributed by atoms with Crippen molar-refractivity contribution in [2.75, 3.05) is 10.6 Å². The Bertz CT molecular complexity index is 1010. The molecule has 4 heteroatoms. The topological polar surface area (TPSA) is 58.2 Å². The fraction of sp³-hybridized carbons (Fsp3) is 0.130. The lowest BCUT2D eigenvalue weighted by Crippen LogP contribution is -2.16. The second-order valence-corrected chi connectivity index (χ2v) is 6.55. The Morgan fingerprint density at radius 2 is 1.15 bits per heavy atom. The largest absolute Gasteiger partial charge is 0.322 e. The van der Waals surface area contributed by atoms with E-state index in [1.54, 1.807) is 24.3 Å². The molecule has 2 N–H and O–H groups in total. The van der Waals surface area contributed by atoms with Crippen LogP contribution in [0.3, 0.4) is 0 Å². The highest BCUT2D eigenvalue weighted by Gasteiger charge is 2.13. The van der Waals surface area contributed by atoms with Crippen LogP contribution in [0.15, 0.2) is 66.7 Å². The van der Waals surface area contributed by atoms with E-state index in [9.17, 15) is 9.59 Å². The van der Waals surface area contributed by atoms with Gasteiger partial charge in [-0.25, -0.2) is 0 Å². The van der Waals surface area contributed by atoms with Crippen molar-refractivity contribution in [3.63, 3.8) is 0 Å². The maximum Gasteiger partial charge on any atom is 0.255 e. The Morgan fingerprint density at radius 1 is 0.630 bits per heavy atom. The van der Waals surface area contributed by atoms with Gasteiger partial charge in [0.2, 0.25) is 0 Å². The molecule has 136 valence electrons. The molecule has 0 radical (unpaired) electrons. The quantitative estimate of drug-likeness (QED) is 0.680. The van der Waals surface area contributed by atoms with E-state index in [-0.39, 0.29) is 11.8 Å². The molecular weight excluding hydrogens is 336 g/mol. The summed E-state index contributed by atoms with van der Waals surface area (Å²) < 4.78 is 0. The number of rotatable bonds is 4. The van der Waals surface area contributed by atoms with Gasteiger partial charge < -0.3 is 10.6 Å². The van der Waals surface area contributed by atoms with Crippen LogP contribution in [-0.2, 0) is 0 Å². The summed E-state index contributed by atoms with van der Waals surface area (Å²) in [6.45, 7) is 5.90. The average Bonchev–Trinajstić information content (AvgIpc) is 2.67. The number of carbonyl (C=O) groups excluding carboxylic acids is 2. The zero-order valence-corrected chi connectivity index (χ0v) is 15.7. The second kappa shape index (κ2) is 7.87. The van der Waals surface area contributed by atoms with Crippen molar-refractivity contribution >= 4 is 23.2 Å². The van der Waals surface area contributed by atoms with Crippen LogP contribution in [0.5, 0.6) is 0 Å². The van der Waals surface area contributed by atoms with E-state index in [4.69, 9.17) is 0 Å². The molecule has 0 atom stereocenters. The predicted molar refractivity (Wildman–Crippen MR) is 109 cm³/mol. The molecule has 4 nitrogen and oxygen atoms in total. The summed E-state index contributed by atoms with van der Waals surface area (Å²) in [6, 6.07) is 20.1. The van der Waals surface area contributed by atoms with Gasteiger partial charge in [-0.05, 0) is 67.8 Å². The first-order chi connectivity index (χ1) is 13.0. The van der Waals surface area contributed by atoms with Gasteiger partial charge in [0.25, 0.3) is 11.8 Å². The molecule has 2 amide bonds. The number of hydrogen-bond donors (Lipinski definition) is 2. The van der Waals surface area contributed by atoms with Crippen LogP contribution in [0.2, 0.25) is 0 Å². The molecule has 3 aromatic rings. The van der Waals surface area contributed by atoms with E-state index >= 15 is 0 Å². The van der Waals surface area contributed by atoms with Gasteiger partial charge in [0, 0.05) is 22.5 Å². The molecule has 3 rings (SSSR count). The van der Waals surface area contributed by atoms with Crippen LogP contribution in [0.1, 0.15) is 37.4 Å². The summed E-state index contributed by atoms with van der Waals surface area (Å²) in [5, 5.41) is 5.81. The Hall–Kier alpha value is -3.40. The minimum Gasteiger partial charge on any atom is -0.322 e. The molecule has 0 aliphatic heterocycles. The highest BCUT2D eigenvalue weighted by Crippen LogP contribution is 2.20. The normalized spacial score (nSPS) is 10.3. The first kappa shape index (κ1) is 18.4. The van der Waals surface area contributed by atoms with Gasteiger partial charge in [-0.3, -0.25) is 9.59 Å². The van der Waals surface area contributed by atoms with Crippen molar-refractivity contribution in [3.8, 4) is 0 Å². The maximum atomic E-state index is 12.6. The minimum absolute atomic E-state index is 0.241. The Morgan fingerprint density at radius 3 is 1.81 bits per heavy atom. The summed E-state index contributed by atoms with van der Waals surface area (Å²) in [5.41, 5.74) is 5.52. The first-order valence-electron chi connectivity index (χ1n) is 8.80. The van der Waals surface area contributed by atoms with Gasteiger partial charge in [0.05, 0.1) is 0 Å². The van der Waals surface area contributed by atoms with Gasteiger partial charge >= 0.3 is 0 Å². The van der Waals surface area contributed by atoms with Crippen molar-refractivity contribution in [1.29, 1.82) is 0 Å². The van der Waals surface area contributed by atoms with Crippen LogP contribution < -0.4 is 10.6 Å². The van der Waals surface area contributed by atoms with E-state index in [0.29, 0.717) is 11.1 Å². The van der Waals surface area contributed by atoms with Crippen LogP contribution in [-0.4, -0.2) is 11.8 Å². The van der Waals surface area contributed by atoms with Crippen LogP contribution in [0.4, 0.5) is 11.4 Å². The Kier molecular flexibility index (Phi) is 5.36. The molecule has 3 aromatic carbocycles. The number of carbonyl (C=O) groups is 2. The standard InChI is InChI=1S/C23H22N2O2/c1-15-9-6-13-21(17(15)3)25-23(27)19-11-7-10-18(14-19)22(26)24-20-12-5-4-8-16(20)2/h4-14H,1-3H3,(H,24,26)(H,25,27). The van der Waals surface area contributed by atoms with Gasteiger partial charge in [0.1, 0.15) is 0 Å². The number of benzene rings is 3. The fourth-order valence-electron chi connectivity index (χ4n) is 2.79. The summed E-state index contributed by atoms with van der Waals surface area (Å²) in [6.07, 6.45) is 0. The van der Waals surface area contributed by atoms with Gasteiger partial charge in [-0.2, -0.15) is 0 Å². The highest BCUT2D eigenvalue weighted by molar-refractivity contribution is 6.09. The molecule has 27 heavy (non-hydrogen) atoms. The third-order valence-corrected chi connectivity index (χ3v) is 4.63. The SMILES string of the molecule is Cc1ccccc1NC(=O)c1cccc(C(=O)Nc2cccc(C)c2C)c1. The summed E-state index contributed by atoms with van der Waals surface area (Å²) in [7, 11) is 0. The lowest BCUT2D eigenvalue weighted by atomic mass is 10.1. The molecule has 0 saturated heterocycles. The monoisotopic (exact) mass is 358 g/mol. The number of para-hydroxylation sites is 1. The summed E-state index contributed by atoms with van der Waals surface area (Å²) in [4.78, 5) is 25.2. The Balaban J connectivity index is 1.78. The van der Waals surface area contributed by atoms with Crippen molar-refractivity contribution < 1.29 is 9.59 Å². The van der Waals surface area contributed by atoms with E-state index < -0.39 is 0 Å². The number of anilines is 2. The van der Waals surface area contributed by atoms with E-state index in [1.165, 1.54) is 0 Å². The van der Waals surface area contributed by atoms with E-state index in [0.717, 1.165) is 28.1 Å². The van der Waals surface area contributed by atoms with Crippen molar-refractivity contribution in [2.45, 2.75) is 20.8 Å². The van der Waals surface area contributed by atoms with Gasteiger partial charge in [0.15, 0.2) is 0 Å². The zero-order chi connectivity index (χ0) is 19.4. The minimum atomic E-state index is -0.245. The number of hydrogen-bond acceptors (Lipinski definition) is 2. The number of nitrogens with one attached hydrogen (secondary N) is 2. The van der Waals surface area contributed by atoms with Crippen molar-refractivity contribution in [2.24, 2.45) is 0 Å². The lowest BCUT2D eigenvalue weighted by Gasteiger charge is -2.11. The molecule has 0 aliphatic rings. The van der Waals surface area contributed by atoms with Gasteiger partial charge in [-0.15, -0.1) is 0 Å². The number of amides is 2. The van der Waals surface area contributed by atoms with Crippen LogP contribution >= 0.6 is 0 Å². The second-order valence-electron chi connectivity index (χ2n) is 6.55. The molecule has 0 aliphatic carbocycles. The Labute approximate surface area is 159 Å². The maximum absolute atomic E-state index is 12.6. The molecule has 0 saturated carbocycles. The molecule has 0 heterocycles. The highest BCUT2D eigenvalue weighted by atomic mass is 16.2. The summed E-state index contributed by atoms with van der Waals surface area (Å²) in [5.74, 6) is -0.486. The number of aryl methyl sites for hydroxylation is 2. The van der Waals surface area contributed by atoms with Gasteiger partial charge in [-0.1, -0.05) is 36.4 Å². The molecule has 0 bridgehead atoms. The molecule has 0 aromatic heterocycles. The summed E-state index contributed by atoms with van der Waals surface area (Å²) >= 11 is 0. The third-order valence-electron chi connectivity index (χ3n) is 4.63. The molecular formula is C23H22N2O2. The third kappa shape index (κ3) is 4.23.